The molecule has 1 aromatic carbocycles. The van der Waals surface area contributed by atoms with E-state index in [-0.39, 0.29) is 6.04 Å². The van der Waals surface area contributed by atoms with Gasteiger partial charge in [0, 0.05) is 56.9 Å². The average Bonchev–Trinajstić information content (AvgIpc) is 3.52. The Bertz CT molecular complexity index is 1570. The molecule has 0 bridgehead atoms. The van der Waals surface area contributed by atoms with Gasteiger partial charge in [0.05, 0.1) is 24.2 Å². The van der Waals surface area contributed by atoms with Crippen LogP contribution in [0.15, 0.2) is 59.8 Å². The van der Waals surface area contributed by atoms with Crippen molar-refractivity contribution in [2.45, 2.75) is 50.3 Å². The van der Waals surface area contributed by atoms with Gasteiger partial charge in [-0.25, -0.2) is 18.1 Å². The van der Waals surface area contributed by atoms with Gasteiger partial charge in [-0.1, -0.05) is 37.8 Å². The molecule has 1 aliphatic rings. The number of anilines is 1. The second-order valence-corrected chi connectivity index (χ2v) is 19.0. The van der Waals surface area contributed by atoms with Crippen molar-refractivity contribution >= 4 is 34.8 Å². The number of ether oxygens (including phenoxy) is 2. The quantitative estimate of drug-likeness (QED) is 0.211. The average molecular weight is 568 g/mol. The van der Waals surface area contributed by atoms with Gasteiger partial charge in [-0.15, -0.1) is 0 Å². The van der Waals surface area contributed by atoms with Crippen LogP contribution in [0.5, 0.6) is 0 Å². The molecule has 9 nitrogen and oxygen atoms in total. The van der Waals surface area contributed by atoms with E-state index in [2.05, 4.69) is 31.5 Å². The highest BCUT2D eigenvalue weighted by Crippen LogP contribution is 2.37. The van der Waals surface area contributed by atoms with Crippen molar-refractivity contribution in [3.8, 4) is 16.9 Å². The van der Waals surface area contributed by atoms with Gasteiger partial charge in [0.1, 0.15) is 18.2 Å². The van der Waals surface area contributed by atoms with Crippen LogP contribution in [0.4, 0.5) is 5.82 Å². The largest absolute Gasteiger partial charge is 0.377 e. The van der Waals surface area contributed by atoms with Gasteiger partial charge in [0.25, 0.3) is 0 Å². The lowest BCUT2D eigenvalue weighted by atomic mass is 10.0. The molecule has 4 aromatic rings. The fourth-order valence-corrected chi connectivity index (χ4v) is 6.48. The molecule has 0 saturated carbocycles. The molecule has 1 atom stereocenters. The molecule has 0 amide bonds. The standard InChI is InChI=1S/C28H37N5O4SSi/c1-21-19-36-15-14-32(21)27-18-24(22-8-6-7-9-25(22)38(2,34)35)23-10-13-33(28(23)29-27)26-11-12-31(30-26)20-37-16-17-39(3,4)5/h6-13,18,21H,14-17,19-20H2,1-5H3. The maximum Gasteiger partial charge on any atom is 0.176 e. The van der Waals surface area contributed by atoms with Gasteiger partial charge >= 0.3 is 0 Å². The van der Waals surface area contributed by atoms with E-state index in [0.717, 1.165) is 40.9 Å². The molecule has 0 aliphatic carbocycles. The zero-order valence-electron chi connectivity index (χ0n) is 23.3. The summed E-state index contributed by atoms with van der Waals surface area (Å²) in [6.07, 6.45) is 5.09. The van der Waals surface area contributed by atoms with Crippen molar-refractivity contribution in [2.75, 3.05) is 37.5 Å². The number of morpholine rings is 1. The van der Waals surface area contributed by atoms with E-state index in [1.54, 1.807) is 16.8 Å². The first kappa shape index (κ1) is 27.6. The Morgan fingerprint density at radius 1 is 1.08 bits per heavy atom. The van der Waals surface area contributed by atoms with Gasteiger partial charge in [0.15, 0.2) is 15.7 Å². The normalized spacial score (nSPS) is 16.7. The molecular formula is C28H37N5O4SSi. The van der Waals surface area contributed by atoms with Crippen LogP contribution in [-0.4, -0.2) is 74.5 Å². The molecule has 0 N–H and O–H groups in total. The zero-order valence-corrected chi connectivity index (χ0v) is 25.1. The summed E-state index contributed by atoms with van der Waals surface area (Å²) in [5.74, 6) is 1.51. The number of benzene rings is 1. The van der Waals surface area contributed by atoms with Crippen molar-refractivity contribution in [2.24, 2.45) is 0 Å². The highest BCUT2D eigenvalue weighted by atomic mass is 32.2. The highest BCUT2D eigenvalue weighted by molar-refractivity contribution is 7.90. The summed E-state index contributed by atoms with van der Waals surface area (Å²) in [5, 5.41) is 5.61. The molecule has 11 heteroatoms. The highest BCUT2D eigenvalue weighted by Gasteiger charge is 2.25. The van der Waals surface area contributed by atoms with Crippen molar-refractivity contribution in [3.05, 3.63) is 54.9 Å². The first-order valence-corrected chi connectivity index (χ1v) is 18.9. The molecule has 4 heterocycles. The maximum atomic E-state index is 12.7. The SMILES string of the molecule is CC1COCCN1c1cc(-c2ccccc2S(C)(=O)=O)c2ccn(-c3ccn(COCC[Si](C)(C)C)n3)c2n1. The van der Waals surface area contributed by atoms with Crippen molar-refractivity contribution in [3.63, 3.8) is 0 Å². The van der Waals surface area contributed by atoms with E-state index >= 15 is 0 Å². The summed E-state index contributed by atoms with van der Waals surface area (Å²) >= 11 is 0. The zero-order chi connectivity index (χ0) is 27.8. The lowest BCUT2D eigenvalue weighted by molar-refractivity contribution is 0.0785. The van der Waals surface area contributed by atoms with E-state index in [4.69, 9.17) is 19.6 Å². The Balaban J connectivity index is 1.58. The van der Waals surface area contributed by atoms with Crippen LogP contribution >= 0.6 is 0 Å². The number of sulfone groups is 1. The molecule has 1 fully saturated rings. The third-order valence-corrected chi connectivity index (χ3v) is 9.83. The predicted molar refractivity (Wildman–Crippen MR) is 157 cm³/mol. The van der Waals surface area contributed by atoms with Crippen LogP contribution in [0.2, 0.25) is 25.7 Å². The molecule has 3 aromatic heterocycles. The van der Waals surface area contributed by atoms with Gasteiger partial charge in [-0.2, -0.15) is 5.10 Å². The maximum absolute atomic E-state index is 12.7. The van der Waals surface area contributed by atoms with Gasteiger partial charge in [0.2, 0.25) is 0 Å². The van der Waals surface area contributed by atoms with Crippen LogP contribution < -0.4 is 4.90 Å². The number of rotatable bonds is 9. The molecule has 0 spiro atoms. The van der Waals surface area contributed by atoms with Crippen molar-refractivity contribution in [1.29, 1.82) is 0 Å². The lowest BCUT2D eigenvalue weighted by Crippen LogP contribution is -2.44. The topological polar surface area (TPSA) is 91.5 Å². The number of fused-ring (bicyclic) bond motifs is 1. The number of pyridine rings is 1. The van der Waals surface area contributed by atoms with Crippen LogP contribution in [0.1, 0.15) is 6.92 Å². The van der Waals surface area contributed by atoms with Crippen LogP contribution in [-0.2, 0) is 26.0 Å². The minimum Gasteiger partial charge on any atom is -0.377 e. The number of hydrogen-bond donors (Lipinski definition) is 0. The molecule has 1 aliphatic heterocycles. The third kappa shape index (κ3) is 6.11. The first-order chi connectivity index (χ1) is 18.5. The third-order valence-electron chi connectivity index (χ3n) is 6.98. The van der Waals surface area contributed by atoms with E-state index in [0.29, 0.717) is 36.9 Å². The second-order valence-electron chi connectivity index (χ2n) is 11.4. The van der Waals surface area contributed by atoms with Crippen LogP contribution in [0, 0.1) is 0 Å². The number of aromatic nitrogens is 4. The summed E-state index contributed by atoms with van der Waals surface area (Å²) in [5.41, 5.74) is 2.20. The van der Waals surface area contributed by atoms with E-state index < -0.39 is 17.9 Å². The Morgan fingerprint density at radius 3 is 2.62 bits per heavy atom. The number of nitrogens with zero attached hydrogens (tertiary/aromatic N) is 5. The van der Waals surface area contributed by atoms with E-state index in [1.165, 1.54) is 6.26 Å². The Kier molecular flexibility index (Phi) is 7.69. The Hall–Kier alpha value is -2.99. The summed E-state index contributed by atoms with van der Waals surface area (Å²) < 4.78 is 40.7. The summed E-state index contributed by atoms with van der Waals surface area (Å²) in [7, 11) is -4.60. The lowest BCUT2D eigenvalue weighted by Gasteiger charge is -2.34. The van der Waals surface area contributed by atoms with Crippen LogP contribution in [0.3, 0.4) is 0 Å². The van der Waals surface area contributed by atoms with E-state index in [9.17, 15) is 8.42 Å². The molecule has 208 valence electrons. The fourth-order valence-electron chi connectivity index (χ4n) is 4.82. The van der Waals surface area contributed by atoms with Gasteiger partial charge in [-0.05, 0) is 36.7 Å². The minimum atomic E-state index is -3.45. The molecule has 1 unspecified atom stereocenters. The molecule has 5 rings (SSSR count). The van der Waals surface area contributed by atoms with E-state index in [1.807, 2.05) is 47.3 Å². The summed E-state index contributed by atoms with van der Waals surface area (Å²) in [6.45, 7) is 12.2. The summed E-state index contributed by atoms with van der Waals surface area (Å²) in [6, 6.07) is 14.3. The predicted octanol–water partition coefficient (Wildman–Crippen LogP) is 4.83. The van der Waals surface area contributed by atoms with Crippen molar-refractivity contribution < 1.29 is 17.9 Å². The molecular weight excluding hydrogens is 530 g/mol. The Labute approximate surface area is 231 Å². The Morgan fingerprint density at radius 2 is 1.87 bits per heavy atom. The number of hydrogen-bond acceptors (Lipinski definition) is 7. The summed E-state index contributed by atoms with van der Waals surface area (Å²) in [4.78, 5) is 7.60. The monoisotopic (exact) mass is 567 g/mol. The fraction of sp³-hybridized carbons (Fsp3) is 0.429. The van der Waals surface area contributed by atoms with Crippen molar-refractivity contribution in [1.82, 2.24) is 19.3 Å². The second kappa shape index (κ2) is 10.9. The molecule has 39 heavy (non-hydrogen) atoms. The first-order valence-electron chi connectivity index (χ1n) is 13.3. The minimum absolute atomic E-state index is 0.137. The van der Waals surface area contributed by atoms with Gasteiger partial charge in [-0.3, -0.25) is 4.57 Å². The molecule has 1 saturated heterocycles. The molecule has 0 radical (unpaired) electrons. The van der Waals surface area contributed by atoms with Crippen LogP contribution in [0.25, 0.3) is 28.0 Å². The van der Waals surface area contributed by atoms with Gasteiger partial charge < -0.3 is 14.4 Å². The smallest absolute Gasteiger partial charge is 0.176 e.